The number of rotatable bonds is 6. The second-order valence-electron chi connectivity index (χ2n) is 3.25. The lowest BCUT2D eigenvalue weighted by Crippen LogP contribution is -2.04. The molecular formula is C11H15F2NO2S. The molecule has 1 aromatic rings. The van der Waals surface area contributed by atoms with Crippen LogP contribution < -0.4 is 15.2 Å². The summed E-state index contributed by atoms with van der Waals surface area (Å²) in [5.74, 6) is -1.72. The average Bonchev–Trinajstić information content (AvgIpc) is 2.28. The SMILES string of the molecule is COc1cc(CCN)cc(SC(F)F)c1OC. The predicted molar refractivity (Wildman–Crippen MR) is 64.2 cm³/mol. The molecule has 96 valence electrons. The largest absolute Gasteiger partial charge is 0.493 e. The molecule has 0 heterocycles. The van der Waals surface area contributed by atoms with Crippen molar-refractivity contribution in [2.24, 2.45) is 5.73 Å². The van der Waals surface area contributed by atoms with Crippen molar-refractivity contribution in [3.8, 4) is 11.5 Å². The minimum absolute atomic E-state index is 0.332. The van der Waals surface area contributed by atoms with Crippen LogP contribution in [0.2, 0.25) is 0 Å². The van der Waals surface area contributed by atoms with E-state index in [0.29, 0.717) is 41.1 Å². The molecule has 2 N–H and O–H groups in total. The molecule has 0 saturated heterocycles. The number of alkyl halides is 2. The molecule has 0 amide bonds. The lowest BCUT2D eigenvalue weighted by Gasteiger charge is -2.14. The zero-order valence-electron chi connectivity index (χ0n) is 9.70. The van der Waals surface area contributed by atoms with E-state index in [-0.39, 0.29) is 0 Å². The van der Waals surface area contributed by atoms with Crippen molar-refractivity contribution in [1.82, 2.24) is 0 Å². The monoisotopic (exact) mass is 263 g/mol. The first-order valence-electron chi connectivity index (χ1n) is 5.02. The first-order chi connectivity index (χ1) is 8.12. The number of hydrogen-bond acceptors (Lipinski definition) is 4. The summed E-state index contributed by atoms with van der Waals surface area (Å²) in [6, 6.07) is 3.41. The molecule has 0 aromatic heterocycles. The maximum atomic E-state index is 12.4. The fraction of sp³-hybridized carbons (Fsp3) is 0.455. The Morgan fingerprint density at radius 2 is 2.00 bits per heavy atom. The molecule has 0 aliphatic heterocycles. The number of hydrogen-bond donors (Lipinski definition) is 1. The van der Waals surface area contributed by atoms with Crippen LogP contribution in [0.1, 0.15) is 5.56 Å². The van der Waals surface area contributed by atoms with E-state index in [1.807, 2.05) is 0 Å². The Hall–Kier alpha value is -1.01. The standard InChI is InChI=1S/C11H15F2NO2S/c1-15-8-5-7(3-4-14)6-9(10(8)16-2)17-11(12)13/h5-6,11H,3-4,14H2,1-2H3. The highest BCUT2D eigenvalue weighted by molar-refractivity contribution is 7.99. The van der Waals surface area contributed by atoms with Gasteiger partial charge in [0.2, 0.25) is 0 Å². The van der Waals surface area contributed by atoms with Crippen molar-refractivity contribution in [3.63, 3.8) is 0 Å². The van der Waals surface area contributed by atoms with Gasteiger partial charge in [0.15, 0.2) is 11.5 Å². The lowest BCUT2D eigenvalue weighted by atomic mass is 10.1. The van der Waals surface area contributed by atoms with E-state index in [9.17, 15) is 8.78 Å². The maximum absolute atomic E-state index is 12.4. The fourth-order valence-electron chi connectivity index (χ4n) is 1.48. The van der Waals surface area contributed by atoms with Crippen molar-refractivity contribution in [2.75, 3.05) is 20.8 Å². The normalized spacial score (nSPS) is 10.7. The Morgan fingerprint density at radius 1 is 1.29 bits per heavy atom. The van der Waals surface area contributed by atoms with Crippen molar-refractivity contribution in [1.29, 1.82) is 0 Å². The summed E-state index contributed by atoms with van der Waals surface area (Å²) in [6.45, 7) is 0.453. The molecule has 0 spiro atoms. The Morgan fingerprint density at radius 3 is 2.47 bits per heavy atom. The topological polar surface area (TPSA) is 44.5 Å². The number of methoxy groups -OCH3 is 2. The molecule has 0 aliphatic rings. The van der Waals surface area contributed by atoms with Gasteiger partial charge >= 0.3 is 0 Å². The number of halogens is 2. The van der Waals surface area contributed by atoms with E-state index in [1.165, 1.54) is 14.2 Å². The first kappa shape index (κ1) is 14.1. The molecule has 0 atom stereocenters. The van der Waals surface area contributed by atoms with Gasteiger partial charge in [0.05, 0.1) is 19.1 Å². The zero-order chi connectivity index (χ0) is 12.8. The molecule has 0 radical (unpaired) electrons. The van der Waals surface area contributed by atoms with Gasteiger partial charge in [-0.1, -0.05) is 11.8 Å². The van der Waals surface area contributed by atoms with Gasteiger partial charge in [0.1, 0.15) is 0 Å². The molecule has 0 saturated carbocycles. The van der Waals surface area contributed by atoms with Crippen LogP contribution in [0.5, 0.6) is 11.5 Å². The van der Waals surface area contributed by atoms with Gasteiger partial charge in [-0.25, -0.2) is 0 Å². The second kappa shape index (κ2) is 6.66. The molecule has 0 bridgehead atoms. The molecule has 17 heavy (non-hydrogen) atoms. The number of ether oxygens (including phenoxy) is 2. The number of thioether (sulfide) groups is 1. The van der Waals surface area contributed by atoms with Crippen LogP contribution in [0.15, 0.2) is 17.0 Å². The third kappa shape index (κ3) is 3.74. The van der Waals surface area contributed by atoms with Crippen molar-refractivity contribution in [2.45, 2.75) is 17.1 Å². The molecule has 1 aromatic carbocycles. The Bertz CT molecular complexity index is 375. The van der Waals surface area contributed by atoms with Gasteiger partial charge < -0.3 is 15.2 Å². The molecule has 1 rings (SSSR count). The van der Waals surface area contributed by atoms with Crippen molar-refractivity contribution >= 4 is 11.8 Å². The van der Waals surface area contributed by atoms with Crippen LogP contribution in [0.4, 0.5) is 8.78 Å². The van der Waals surface area contributed by atoms with Crippen LogP contribution >= 0.6 is 11.8 Å². The number of benzene rings is 1. The van der Waals surface area contributed by atoms with Crippen LogP contribution in [0.25, 0.3) is 0 Å². The van der Waals surface area contributed by atoms with Gasteiger partial charge in [0.25, 0.3) is 5.76 Å². The smallest absolute Gasteiger partial charge is 0.289 e. The van der Waals surface area contributed by atoms with Gasteiger partial charge in [0, 0.05) is 0 Å². The average molecular weight is 263 g/mol. The van der Waals surface area contributed by atoms with Crippen LogP contribution in [0, 0.1) is 0 Å². The number of nitrogens with two attached hydrogens (primary N) is 1. The van der Waals surface area contributed by atoms with Crippen LogP contribution in [-0.4, -0.2) is 26.5 Å². The Labute approximate surface area is 103 Å². The van der Waals surface area contributed by atoms with E-state index in [4.69, 9.17) is 15.2 Å². The van der Waals surface area contributed by atoms with E-state index in [0.717, 1.165) is 5.56 Å². The van der Waals surface area contributed by atoms with E-state index in [1.54, 1.807) is 12.1 Å². The predicted octanol–water partition coefficient (Wildman–Crippen LogP) is 2.52. The highest BCUT2D eigenvalue weighted by Gasteiger charge is 2.16. The fourth-order valence-corrected chi connectivity index (χ4v) is 2.18. The second-order valence-corrected chi connectivity index (χ2v) is 4.28. The molecule has 3 nitrogen and oxygen atoms in total. The summed E-state index contributed by atoms with van der Waals surface area (Å²) in [7, 11) is 2.90. The maximum Gasteiger partial charge on any atom is 0.289 e. The third-order valence-corrected chi connectivity index (χ3v) is 2.89. The van der Waals surface area contributed by atoms with Crippen molar-refractivity contribution < 1.29 is 18.3 Å². The van der Waals surface area contributed by atoms with E-state index < -0.39 is 5.76 Å². The van der Waals surface area contributed by atoms with Gasteiger partial charge in [-0.3, -0.25) is 0 Å². The highest BCUT2D eigenvalue weighted by atomic mass is 32.2. The Kier molecular flexibility index (Phi) is 5.50. The minimum Gasteiger partial charge on any atom is -0.493 e. The summed E-state index contributed by atoms with van der Waals surface area (Å²) in [5.41, 5.74) is 6.30. The summed E-state index contributed by atoms with van der Waals surface area (Å²) < 4.78 is 35.1. The summed E-state index contributed by atoms with van der Waals surface area (Å²) >= 11 is 0.440. The van der Waals surface area contributed by atoms with Gasteiger partial charge in [-0.15, -0.1) is 0 Å². The molecule has 0 unspecified atom stereocenters. The zero-order valence-corrected chi connectivity index (χ0v) is 10.5. The molecule has 0 fully saturated rings. The van der Waals surface area contributed by atoms with Crippen LogP contribution in [0.3, 0.4) is 0 Å². The summed E-state index contributed by atoms with van der Waals surface area (Å²) in [6.07, 6.45) is 0.608. The van der Waals surface area contributed by atoms with Crippen LogP contribution in [-0.2, 0) is 6.42 Å². The van der Waals surface area contributed by atoms with Crippen molar-refractivity contribution in [3.05, 3.63) is 17.7 Å². The van der Waals surface area contributed by atoms with E-state index in [2.05, 4.69) is 0 Å². The lowest BCUT2D eigenvalue weighted by molar-refractivity contribution is 0.251. The Balaban J connectivity index is 3.16. The van der Waals surface area contributed by atoms with Gasteiger partial charge in [-0.05, 0) is 30.7 Å². The molecular weight excluding hydrogens is 248 g/mol. The molecule has 6 heteroatoms. The first-order valence-corrected chi connectivity index (χ1v) is 5.90. The van der Waals surface area contributed by atoms with Gasteiger partial charge in [-0.2, -0.15) is 8.78 Å². The van der Waals surface area contributed by atoms with E-state index >= 15 is 0 Å². The minimum atomic E-state index is -2.50. The molecule has 0 aliphatic carbocycles. The third-order valence-electron chi connectivity index (χ3n) is 2.15. The highest BCUT2D eigenvalue weighted by Crippen LogP contribution is 2.41. The quantitative estimate of drug-likeness (QED) is 0.801. The summed E-state index contributed by atoms with van der Waals surface area (Å²) in [5, 5.41) is 0. The summed E-state index contributed by atoms with van der Waals surface area (Å²) in [4.78, 5) is 0.366.